The van der Waals surface area contributed by atoms with Gasteiger partial charge in [-0.25, -0.2) is 4.98 Å². The van der Waals surface area contributed by atoms with Gasteiger partial charge in [-0.15, -0.1) is 0 Å². The Balaban J connectivity index is 1.49. The number of piperazine rings is 1. The molecule has 0 aromatic carbocycles. The summed E-state index contributed by atoms with van der Waals surface area (Å²) >= 11 is 0. The molecule has 0 unspecified atom stereocenters. The van der Waals surface area contributed by atoms with E-state index < -0.39 is 0 Å². The van der Waals surface area contributed by atoms with Crippen LogP contribution >= 0.6 is 0 Å². The van der Waals surface area contributed by atoms with Gasteiger partial charge in [0.2, 0.25) is 11.7 Å². The molecule has 1 aliphatic rings. The Morgan fingerprint density at radius 2 is 1.92 bits per heavy atom. The lowest BCUT2D eigenvalue weighted by Crippen LogP contribution is -2.50. The first-order chi connectivity index (χ1) is 11.9. The summed E-state index contributed by atoms with van der Waals surface area (Å²) < 4.78 is 10.3. The lowest BCUT2D eigenvalue weighted by atomic mass is 10.2. The zero-order chi connectivity index (χ0) is 18.0. The Morgan fingerprint density at radius 3 is 2.48 bits per heavy atom. The smallest absolute Gasteiger partial charge is 0.291 e. The average molecular weight is 347 g/mol. The first kappa shape index (κ1) is 17.2. The second kappa shape index (κ2) is 7.06. The van der Waals surface area contributed by atoms with Crippen molar-refractivity contribution in [1.82, 2.24) is 19.9 Å². The van der Waals surface area contributed by atoms with Gasteiger partial charge >= 0.3 is 0 Å². The predicted molar refractivity (Wildman–Crippen MR) is 88.2 cm³/mol. The van der Waals surface area contributed by atoms with Crippen LogP contribution in [0.15, 0.2) is 15.0 Å². The zero-order valence-electron chi connectivity index (χ0n) is 14.5. The van der Waals surface area contributed by atoms with Gasteiger partial charge in [-0.1, -0.05) is 5.16 Å². The van der Waals surface area contributed by atoms with E-state index in [1.54, 1.807) is 31.7 Å². The number of hydrogen-bond acceptors (Lipinski definition) is 7. The Labute approximate surface area is 145 Å². The number of anilines is 1. The maximum Gasteiger partial charge on any atom is 0.291 e. The highest BCUT2D eigenvalue weighted by Gasteiger charge is 2.27. The molecule has 2 aromatic heterocycles. The van der Waals surface area contributed by atoms with Gasteiger partial charge in [0.05, 0.1) is 12.2 Å². The molecular weight excluding hydrogens is 326 g/mol. The van der Waals surface area contributed by atoms with E-state index in [4.69, 9.17) is 8.94 Å². The Morgan fingerprint density at radius 1 is 1.20 bits per heavy atom. The molecule has 1 N–H and O–H groups in total. The van der Waals surface area contributed by atoms with E-state index in [-0.39, 0.29) is 18.4 Å². The Bertz CT molecular complexity index is 773. The van der Waals surface area contributed by atoms with Gasteiger partial charge in [-0.3, -0.25) is 14.5 Å². The van der Waals surface area contributed by atoms with Crippen LogP contribution in [0.4, 0.5) is 5.82 Å². The van der Waals surface area contributed by atoms with Crippen molar-refractivity contribution in [1.29, 1.82) is 0 Å². The Kier molecular flexibility index (Phi) is 4.84. The normalized spacial score (nSPS) is 15.4. The third-order valence-electron chi connectivity index (χ3n) is 4.02. The van der Waals surface area contributed by atoms with Crippen molar-refractivity contribution in [3.8, 4) is 0 Å². The summed E-state index contributed by atoms with van der Waals surface area (Å²) in [4.78, 5) is 32.4. The van der Waals surface area contributed by atoms with E-state index in [0.717, 1.165) is 0 Å². The first-order valence-electron chi connectivity index (χ1n) is 8.11. The minimum absolute atomic E-state index is 0.153. The van der Waals surface area contributed by atoms with Gasteiger partial charge in [-0.2, -0.15) is 0 Å². The highest BCUT2D eigenvalue weighted by atomic mass is 16.5. The number of carbonyl (C=O) groups excluding carboxylic acids is 2. The van der Waals surface area contributed by atoms with Gasteiger partial charge < -0.3 is 19.2 Å². The third-order valence-corrected chi connectivity index (χ3v) is 4.02. The number of carbonyl (C=O) groups is 2. The summed E-state index contributed by atoms with van der Waals surface area (Å²) in [7, 11) is 0. The number of amides is 2. The summed E-state index contributed by atoms with van der Waals surface area (Å²) in [6.07, 6.45) is 0. The van der Waals surface area contributed by atoms with Crippen molar-refractivity contribution in [3.05, 3.63) is 29.2 Å². The van der Waals surface area contributed by atoms with Gasteiger partial charge in [0.25, 0.3) is 5.91 Å². The van der Waals surface area contributed by atoms with Crippen LogP contribution in [0, 0.1) is 20.8 Å². The van der Waals surface area contributed by atoms with Crippen LogP contribution in [0.3, 0.4) is 0 Å². The van der Waals surface area contributed by atoms with Crippen LogP contribution in [0.1, 0.15) is 27.9 Å². The fourth-order valence-electron chi connectivity index (χ4n) is 2.79. The van der Waals surface area contributed by atoms with Crippen molar-refractivity contribution in [2.75, 3.05) is 38.0 Å². The number of nitrogens with one attached hydrogen (secondary N) is 1. The fourth-order valence-corrected chi connectivity index (χ4v) is 2.79. The molecule has 0 radical (unpaired) electrons. The largest absolute Gasteiger partial charge is 0.436 e. The lowest BCUT2D eigenvalue weighted by molar-refractivity contribution is -0.117. The lowest BCUT2D eigenvalue weighted by Gasteiger charge is -2.33. The molecule has 2 amide bonds. The molecule has 0 atom stereocenters. The maximum absolute atomic E-state index is 12.5. The highest BCUT2D eigenvalue weighted by Crippen LogP contribution is 2.14. The summed E-state index contributed by atoms with van der Waals surface area (Å²) in [6.45, 7) is 7.78. The maximum atomic E-state index is 12.5. The van der Waals surface area contributed by atoms with Crippen LogP contribution in [-0.2, 0) is 4.79 Å². The van der Waals surface area contributed by atoms with Gasteiger partial charge in [0, 0.05) is 39.2 Å². The van der Waals surface area contributed by atoms with Crippen LogP contribution in [0.25, 0.3) is 0 Å². The zero-order valence-corrected chi connectivity index (χ0v) is 14.5. The minimum atomic E-state index is -0.158. The minimum Gasteiger partial charge on any atom is -0.436 e. The Hall–Kier alpha value is -2.68. The van der Waals surface area contributed by atoms with Crippen LogP contribution in [0.2, 0.25) is 0 Å². The molecule has 0 saturated carbocycles. The van der Waals surface area contributed by atoms with Crippen molar-refractivity contribution < 1.29 is 18.5 Å². The number of hydrogen-bond donors (Lipinski definition) is 1. The summed E-state index contributed by atoms with van der Waals surface area (Å²) in [5.74, 6) is 1.52. The number of rotatable bonds is 4. The molecule has 0 spiro atoms. The molecule has 1 aliphatic heterocycles. The molecule has 9 heteroatoms. The van der Waals surface area contributed by atoms with E-state index >= 15 is 0 Å². The van der Waals surface area contributed by atoms with Crippen molar-refractivity contribution >= 4 is 17.6 Å². The number of nitrogens with zero attached hydrogens (tertiary/aromatic N) is 4. The van der Waals surface area contributed by atoms with Crippen molar-refractivity contribution in [2.45, 2.75) is 20.8 Å². The van der Waals surface area contributed by atoms with E-state index in [1.807, 2.05) is 4.90 Å². The van der Waals surface area contributed by atoms with Gasteiger partial charge in [-0.05, 0) is 13.8 Å². The van der Waals surface area contributed by atoms with Gasteiger partial charge in [0.15, 0.2) is 11.7 Å². The predicted octanol–water partition coefficient (Wildman–Crippen LogP) is 0.984. The molecule has 0 aliphatic carbocycles. The molecule has 1 saturated heterocycles. The summed E-state index contributed by atoms with van der Waals surface area (Å²) in [5, 5.41) is 6.42. The van der Waals surface area contributed by atoms with E-state index in [1.165, 1.54) is 0 Å². The molecular formula is C16H21N5O4. The van der Waals surface area contributed by atoms with Gasteiger partial charge in [0.1, 0.15) is 5.76 Å². The quantitative estimate of drug-likeness (QED) is 0.879. The number of oxazole rings is 1. The van der Waals surface area contributed by atoms with E-state index in [2.05, 4.69) is 15.5 Å². The first-order valence-corrected chi connectivity index (χ1v) is 8.11. The van der Waals surface area contributed by atoms with Crippen molar-refractivity contribution in [2.24, 2.45) is 0 Å². The molecule has 1 fully saturated rings. The molecule has 9 nitrogen and oxygen atoms in total. The summed E-state index contributed by atoms with van der Waals surface area (Å²) in [6, 6.07) is 1.66. The summed E-state index contributed by atoms with van der Waals surface area (Å²) in [5.41, 5.74) is 0.604. The van der Waals surface area contributed by atoms with Crippen LogP contribution in [0.5, 0.6) is 0 Å². The topological polar surface area (TPSA) is 105 Å². The molecule has 25 heavy (non-hydrogen) atoms. The van der Waals surface area contributed by atoms with E-state index in [9.17, 15) is 9.59 Å². The molecule has 0 bridgehead atoms. The highest BCUT2D eigenvalue weighted by molar-refractivity contribution is 5.93. The molecule has 3 heterocycles. The van der Waals surface area contributed by atoms with Crippen LogP contribution in [-0.4, -0.2) is 64.5 Å². The number of aryl methyl sites for hydroxylation is 3. The second-order valence-corrected chi connectivity index (χ2v) is 6.09. The fraction of sp³-hybridized carbons (Fsp3) is 0.500. The molecule has 134 valence electrons. The molecule has 3 rings (SSSR count). The number of aromatic nitrogens is 2. The average Bonchev–Trinajstić information content (AvgIpc) is 3.12. The van der Waals surface area contributed by atoms with E-state index in [0.29, 0.717) is 55.1 Å². The second-order valence-electron chi connectivity index (χ2n) is 6.09. The third kappa shape index (κ3) is 4.05. The van der Waals surface area contributed by atoms with Crippen molar-refractivity contribution in [3.63, 3.8) is 0 Å². The molecule has 2 aromatic rings. The SMILES string of the molecule is Cc1cc(NC(=O)CN2CCN(C(=O)c3oc(C)nc3C)CC2)no1. The standard InChI is InChI=1S/C16H21N5O4/c1-10-8-13(19-25-10)18-14(22)9-20-4-6-21(7-5-20)16(23)15-11(2)17-12(3)24-15/h8H,4-7,9H2,1-3H3,(H,18,19,22). The monoisotopic (exact) mass is 347 g/mol. The van der Waals surface area contributed by atoms with Crippen LogP contribution < -0.4 is 5.32 Å².